The second kappa shape index (κ2) is 4.29. The number of hydrogen-bond acceptors (Lipinski definition) is 2. The molecule has 0 atom stereocenters. The van der Waals surface area contributed by atoms with E-state index in [2.05, 4.69) is 41.0 Å². The first-order chi connectivity index (χ1) is 6.92. The molecule has 0 saturated carbocycles. The molecule has 74 valence electrons. The fraction of sp³-hybridized carbons (Fsp3) is 0.333. The van der Waals surface area contributed by atoms with Crippen LogP contribution in [0.5, 0.6) is 0 Å². The maximum absolute atomic E-state index is 3.37. The highest BCUT2D eigenvalue weighted by molar-refractivity contribution is 5.79. The van der Waals surface area contributed by atoms with Crippen LogP contribution >= 0.6 is 0 Å². The maximum Gasteiger partial charge on any atom is 0.0418 e. The minimum atomic E-state index is 0.954. The van der Waals surface area contributed by atoms with E-state index in [1.54, 1.807) is 0 Å². The minimum absolute atomic E-state index is 0.954. The fourth-order valence-electron chi connectivity index (χ4n) is 1.81. The van der Waals surface area contributed by atoms with E-state index in [0.29, 0.717) is 0 Å². The van der Waals surface area contributed by atoms with Crippen molar-refractivity contribution in [3.63, 3.8) is 0 Å². The molecule has 0 aliphatic carbocycles. The van der Waals surface area contributed by atoms with Crippen LogP contribution < -0.4 is 10.6 Å². The van der Waals surface area contributed by atoms with Crippen molar-refractivity contribution in [3.8, 4) is 0 Å². The average Bonchev–Trinajstić information content (AvgIpc) is 2.26. The van der Waals surface area contributed by atoms with Gasteiger partial charge in [0.15, 0.2) is 0 Å². The van der Waals surface area contributed by atoms with Gasteiger partial charge in [0, 0.05) is 17.8 Å². The molecule has 1 aromatic rings. The molecule has 2 nitrogen and oxygen atoms in total. The lowest BCUT2D eigenvalue weighted by Gasteiger charge is -2.19. The van der Waals surface area contributed by atoms with Gasteiger partial charge in [-0.2, -0.15) is 0 Å². The van der Waals surface area contributed by atoms with Gasteiger partial charge in [0.25, 0.3) is 0 Å². The Hall–Kier alpha value is -1.28. The van der Waals surface area contributed by atoms with Crippen LogP contribution in [0, 0.1) is 0 Å². The highest BCUT2D eigenvalue weighted by atomic mass is 14.9. The Morgan fingerprint density at radius 1 is 1.36 bits per heavy atom. The summed E-state index contributed by atoms with van der Waals surface area (Å²) in [6, 6.07) is 8.50. The normalized spacial score (nSPS) is 14.2. The second-order valence-corrected chi connectivity index (χ2v) is 3.51. The van der Waals surface area contributed by atoms with Crippen LogP contribution in [0.25, 0.3) is 5.57 Å². The zero-order valence-corrected chi connectivity index (χ0v) is 8.51. The van der Waals surface area contributed by atoms with E-state index < -0.39 is 0 Å². The van der Waals surface area contributed by atoms with Gasteiger partial charge < -0.3 is 10.6 Å². The number of anilines is 1. The van der Waals surface area contributed by atoms with Crippen LogP contribution in [0.3, 0.4) is 0 Å². The number of rotatable bonds is 3. The van der Waals surface area contributed by atoms with Gasteiger partial charge in [0.05, 0.1) is 0 Å². The van der Waals surface area contributed by atoms with Crippen LogP contribution in [0.2, 0.25) is 0 Å². The fourth-order valence-corrected chi connectivity index (χ4v) is 1.81. The van der Waals surface area contributed by atoms with Gasteiger partial charge in [0.1, 0.15) is 0 Å². The number of hydrogen-bond donors (Lipinski definition) is 2. The van der Waals surface area contributed by atoms with Gasteiger partial charge in [-0.15, -0.1) is 0 Å². The molecule has 2 rings (SSSR count). The minimum Gasteiger partial charge on any atom is -0.381 e. The standard InChI is InChI=1S/C12H16N2/c1-13-8-6-10-7-9-14-12-5-3-2-4-11(10)12/h2-5,7,13-14H,6,8-9H2,1H3. The van der Waals surface area contributed by atoms with Crippen LogP contribution in [-0.4, -0.2) is 20.1 Å². The first kappa shape index (κ1) is 9.28. The SMILES string of the molecule is CNCCC1=CCNc2ccccc21. The monoisotopic (exact) mass is 188 g/mol. The lowest BCUT2D eigenvalue weighted by atomic mass is 9.98. The number of fused-ring (bicyclic) bond motifs is 1. The van der Waals surface area contributed by atoms with E-state index in [1.165, 1.54) is 16.8 Å². The van der Waals surface area contributed by atoms with Crippen molar-refractivity contribution in [2.45, 2.75) is 6.42 Å². The summed E-state index contributed by atoms with van der Waals surface area (Å²) in [6.07, 6.45) is 3.38. The van der Waals surface area contributed by atoms with E-state index in [4.69, 9.17) is 0 Å². The highest BCUT2D eigenvalue weighted by Gasteiger charge is 2.09. The molecule has 0 unspecified atom stereocenters. The largest absolute Gasteiger partial charge is 0.381 e. The summed E-state index contributed by atoms with van der Waals surface area (Å²) in [5.41, 5.74) is 4.07. The zero-order valence-electron chi connectivity index (χ0n) is 8.51. The lowest BCUT2D eigenvalue weighted by molar-refractivity contribution is 0.814. The van der Waals surface area contributed by atoms with Crippen molar-refractivity contribution in [1.82, 2.24) is 5.32 Å². The first-order valence-corrected chi connectivity index (χ1v) is 5.08. The van der Waals surface area contributed by atoms with Crippen LogP contribution in [0.15, 0.2) is 30.3 Å². The summed E-state index contributed by atoms with van der Waals surface area (Å²) in [6.45, 7) is 2.00. The van der Waals surface area contributed by atoms with Crippen LogP contribution in [0.1, 0.15) is 12.0 Å². The predicted octanol–water partition coefficient (Wildman–Crippen LogP) is 2.10. The van der Waals surface area contributed by atoms with E-state index >= 15 is 0 Å². The Kier molecular flexibility index (Phi) is 2.84. The smallest absolute Gasteiger partial charge is 0.0418 e. The summed E-state index contributed by atoms with van der Waals surface area (Å²) in [4.78, 5) is 0. The van der Waals surface area contributed by atoms with E-state index in [1.807, 2.05) is 7.05 Å². The quantitative estimate of drug-likeness (QED) is 0.759. The molecule has 0 aromatic heterocycles. The average molecular weight is 188 g/mol. The summed E-state index contributed by atoms with van der Waals surface area (Å²) in [5, 5.41) is 6.56. The second-order valence-electron chi connectivity index (χ2n) is 3.51. The zero-order chi connectivity index (χ0) is 9.80. The van der Waals surface area contributed by atoms with Gasteiger partial charge in [-0.05, 0) is 31.7 Å². The first-order valence-electron chi connectivity index (χ1n) is 5.08. The molecule has 0 bridgehead atoms. The number of para-hydroxylation sites is 1. The van der Waals surface area contributed by atoms with Gasteiger partial charge in [-0.25, -0.2) is 0 Å². The lowest BCUT2D eigenvalue weighted by Crippen LogP contribution is -2.12. The van der Waals surface area contributed by atoms with Crippen molar-refractivity contribution in [2.75, 3.05) is 25.5 Å². The third-order valence-electron chi connectivity index (χ3n) is 2.56. The van der Waals surface area contributed by atoms with Crippen molar-refractivity contribution < 1.29 is 0 Å². The van der Waals surface area contributed by atoms with Crippen molar-refractivity contribution in [1.29, 1.82) is 0 Å². The van der Waals surface area contributed by atoms with Gasteiger partial charge in [0.2, 0.25) is 0 Å². The molecule has 0 amide bonds. The molecule has 2 N–H and O–H groups in total. The van der Waals surface area contributed by atoms with Gasteiger partial charge in [-0.1, -0.05) is 24.3 Å². The Morgan fingerprint density at radius 2 is 2.21 bits per heavy atom. The number of nitrogens with one attached hydrogen (secondary N) is 2. The summed E-state index contributed by atoms with van der Waals surface area (Å²) >= 11 is 0. The summed E-state index contributed by atoms with van der Waals surface area (Å²) in [7, 11) is 1.99. The molecular formula is C12H16N2. The molecule has 2 heteroatoms. The Labute approximate surface area is 85.0 Å². The summed E-state index contributed by atoms with van der Waals surface area (Å²) in [5.74, 6) is 0. The van der Waals surface area contributed by atoms with Crippen molar-refractivity contribution >= 4 is 11.3 Å². The molecule has 1 aliphatic rings. The Bertz CT molecular complexity index is 342. The van der Waals surface area contributed by atoms with Crippen molar-refractivity contribution in [3.05, 3.63) is 35.9 Å². The molecule has 1 aromatic carbocycles. The van der Waals surface area contributed by atoms with Crippen molar-refractivity contribution in [2.24, 2.45) is 0 Å². The van der Waals surface area contributed by atoms with E-state index in [-0.39, 0.29) is 0 Å². The third-order valence-corrected chi connectivity index (χ3v) is 2.56. The number of benzene rings is 1. The molecule has 0 saturated heterocycles. The van der Waals surface area contributed by atoms with E-state index in [9.17, 15) is 0 Å². The molecule has 14 heavy (non-hydrogen) atoms. The van der Waals surface area contributed by atoms with Gasteiger partial charge in [-0.3, -0.25) is 0 Å². The summed E-state index contributed by atoms with van der Waals surface area (Å²) < 4.78 is 0. The van der Waals surface area contributed by atoms with Crippen LogP contribution in [-0.2, 0) is 0 Å². The highest BCUT2D eigenvalue weighted by Crippen LogP contribution is 2.28. The molecule has 1 heterocycles. The molecule has 0 radical (unpaired) electrons. The van der Waals surface area contributed by atoms with Crippen LogP contribution in [0.4, 0.5) is 5.69 Å². The third kappa shape index (κ3) is 1.80. The molecule has 0 fully saturated rings. The molecular weight excluding hydrogens is 172 g/mol. The van der Waals surface area contributed by atoms with E-state index in [0.717, 1.165) is 19.5 Å². The topological polar surface area (TPSA) is 24.1 Å². The molecule has 0 spiro atoms. The Morgan fingerprint density at radius 3 is 3.07 bits per heavy atom. The predicted molar refractivity (Wildman–Crippen MR) is 61.5 cm³/mol. The maximum atomic E-state index is 3.37. The Balaban J connectivity index is 2.22. The van der Waals surface area contributed by atoms with Gasteiger partial charge >= 0.3 is 0 Å². The molecule has 1 aliphatic heterocycles.